The molecule has 0 radical (unpaired) electrons. The highest BCUT2D eigenvalue weighted by molar-refractivity contribution is 9.10. The Morgan fingerprint density at radius 2 is 1.67 bits per heavy atom. The van der Waals surface area contributed by atoms with Crippen molar-refractivity contribution in [2.45, 2.75) is 50.5 Å². The summed E-state index contributed by atoms with van der Waals surface area (Å²) >= 11 is 3.43. The van der Waals surface area contributed by atoms with Crippen molar-refractivity contribution in [3.8, 4) is 0 Å². The first-order valence-electron chi connectivity index (χ1n) is 8.20. The predicted octanol–water partition coefficient (Wildman–Crippen LogP) is 4.54. The summed E-state index contributed by atoms with van der Waals surface area (Å²) in [6.07, 6.45) is 9.15. The lowest BCUT2D eigenvalue weighted by atomic mass is 9.65. The Balaban J connectivity index is 1.55. The van der Waals surface area contributed by atoms with E-state index >= 15 is 0 Å². The highest BCUT2D eigenvalue weighted by atomic mass is 79.9. The average molecular weight is 348 g/mol. The van der Waals surface area contributed by atoms with Crippen LogP contribution in [0.3, 0.4) is 0 Å². The minimum Gasteiger partial charge on any atom is -0.347 e. The molecule has 1 N–H and O–H groups in total. The SMILES string of the molecule is O=C(NC12CCC3C[C@H](C[C@H](C3)C1)C2)c1ccc(Br)cc1. The Morgan fingerprint density at radius 3 is 2.33 bits per heavy atom. The highest BCUT2D eigenvalue weighted by Crippen LogP contribution is 2.53. The van der Waals surface area contributed by atoms with Crippen LogP contribution >= 0.6 is 15.9 Å². The topological polar surface area (TPSA) is 29.1 Å². The summed E-state index contributed by atoms with van der Waals surface area (Å²) in [6.45, 7) is 0. The summed E-state index contributed by atoms with van der Waals surface area (Å²) in [5.74, 6) is 2.76. The van der Waals surface area contributed by atoms with Crippen LogP contribution in [0.25, 0.3) is 0 Å². The molecule has 4 atom stereocenters. The smallest absolute Gasteiger partial charge is 0.251 e. The van der Waals surface area contributed by atoms with Gasteiger partial charge in [0, 0.05) is 15.6 Å². The fourth-order valence-corrected chi connectivity index (χ4v) is 5.49. The molecule has 5 rings (SSSR count). The highest BCUT2D eigenvalue weighted by Gasteiger charge is 2.48. The standard InChI is InChI=1S/C18H22BrNO/c19-16-3-1-15(2-4-16)17(21)20-18-6-5-12-7-13(10-18)9-14(8-12)11-18/h1-4,12-14H,5-11H2,(H,20,21)/t12?,13-,14+,18?. The van der Waals surface area contributed by atoms with Crippen molar-refractivity contribution in [2.75, 3.05) is 0 Å². The lowest BCUT2D eigenvalue weighted by Gasteiger charge is -2.45. The van der Waals surface area contributed by atoms with Crippen LogP contribution < -0.4 is 5.32 Å². The molecule has 0 saturated heterocycles. The van der Waals surface area contributed by atoms with Gasteiger partial charge < -0.3 is 5.32 Å². The Kier molecular flexibility index (Phi) is 3.36. The van der Waals surface area contributed by atoms with E-state index in [9.17, 15) is 4.79 Å². The van der Waals surface area contributed by atoms with E-state index in [0.717, 1.165) is 27.8 Å². The van der Waals surface area contributed by atoms with Crippen molar-refractivity contribution in [3.05, 3.63) is 34.3 Å². The molecule has 1 aromatic carbocycles. The van der Waals surface area contributed by atoms with E-state index in [1.54, 1.807) is 0 Å². The van der Waals surface area contributed by atoms with E-state index in [1.807, 2.05) is 24.3 Å². The summed E-state index contributed by atoms with van der Waals surface area (Å²) in [7, 11) is 0. The number of amides is 1. The van der Waals surface area contributed by atoms with Gasteiger partial charge in [0.2, 0.25) is 0 Å². The first-order valence-corrected chi connectivity index (χ1v) is 8.99. The number of benzene rings is 1. The third-order valence-corrected chi connectivity index (χ3v) is 6.40. The molecule has 3 heteroatoms. The molecule has 0 heterocycles. The lowest BCUT2D eigenvalue weighted by molar-refractivity contribution is 0.0714. The van der Waals surface area contributed by atoms with E-state index in [1.165, 1.54) is 44.9 Å². The number of hydrogen-bond acceptors (Lipinski definition) is 1. The maximum absolute atomic E-state index is 12.6. The van der Waals surface area contributed by atoms with Gasteiger partial charge in [-0.3, -0.25) is 4.79 Å². The maximum atomic E-state index is 12.6. The molecule has 2 nitrogen and oxygen atoms in total. The molecule has 2 unspecified atom stereocenters. The molecule has 0 spiro atoms. The van der Waals surface area contributed by atoms with Crippen LogP contribution in [0.4, 0.5) is 0 Å². The number of carbonyl (C=O) groups is 1. The monoisotopic (exact) mass is 347 g/mol. The zero-order chi connectivity index (χ0) is 14.4. The zero-order valence-corrected chi connectivity index (χ0v) is 13.9. The third-order valence-electron chi connectivity index (χ3n) is 5.88. The molecule has 4 saturated carbocycles. The largest absolute Gasteiger partial charge is 0.347 e. The minimum atomic E-state index is 0.0863. The fourth-order valence-electron chi connectivity index (χ4n) is 5.22. The number of hydrogen-bond donors (Lipinski definition) is 1. The average Bonchev–Trinajstić information content (AvgIpc) is 2.63. The van der Waals surface area contributed by atoms with Gasteiger partial charge in [-0.05, 0) is 87.0 Å². The molecule has 1 amide bonds. The molecule has 0 aromatic heterocycles. The van der Waals surface area contributed by atoms with Gasteiger partial charge in [-0.2, -0.15) is 0 Å². The number of carbonyl (C=O) groups excluding carboxylic acids is 1. The third kappa shape index (κ3) is 2.65. The number of nitrogens with one attached hydrogen (secondary N) is 1. The number of halogens is 1. The van der Waals surface area contributed by atoms with E-state index in [-0.39, 0.29) is 11.4 Å². The van der Waals surface area contributed by atoms with Crippen molar-refractivity contribution < 1.29 is 4.79 Å². The van der Waals surface area contributed by atoms with E-state index in [2.05, 4.69) is 21.2 Å². The number of fused-ring (bicyclic) bond motifs is 1. The van der Waals surface area contributed by atoms with Crippen molar-refractivity contribution in [3.63, 3.8) is 0 Å². The van der Waals surface area contributed by atoms with Crippen molar-refractivity contribution in [2.24, 2.45) is 17.8 Å². The second-order valence-corrected chi connectivity index (χ2v) is 8.41. The Hall–Kier alpha value is -0.830. The molecular weight excluding hydrogens is 326 g/mol. The van der Waals surface area contributed by atoms with Gasteiger partial charge in [0.05, 0.1) is 0 Å². The van der Waals surface area contributed by atoms with Gasteiger partial charge >= 0.3 is 0 Å². The van der Waals surface area contributed by atoms with E-state index in [0.29, 0.717) is 0 Å². The summed E-state index contributed by atoms with van der Waals surface area (Å²) in [4.78, 5) is 12.6. The summed E-state index contributed by atoms with van der Waals surface area (Å²) in [6, 6.07) is 7.71. The van der Waals surface area contributed by atoms with Crippen LogP contribution in [0.2, 0.25) is 0 Å². The second kappa shape index (κ2) is 5.12. The van der Waals surface area contributed by atoms with Gasteiger partial charge in [-0.15, -0.1) is 0 Å². The van der Waals surface area contributed by atoms with Crippen LogP contribution in [-0.4, -0.2) is 11.4 Å². The molecule has 4 aliphatic rings. The van der Waals surface area contributed by atoms with Crippen LogP contribution in [-0.2, 0) is 0 Å². The molecule has 4 fully saturated rings. The quantitative estimate of drug-likeness (QED) is 0.835. The van der Waals surface area contributed by atoms with Crippen molar-refractivity contribution in [1.82, 2.24) is 5.32 Å². The van der Waals surface area contributed by atoms with Crippen LogP contribution in [0.15, 0.2) is 28.7 Å². The van der Waals surface area contributed by atoms with E-state index in [4.69, 9.17) is 0 Å². The first kappa shape index (κ1) is 13.8. The summed E-state index contributed by atoms with van der Waals surface area (Å²) < 4.78 is 1.02. The van der Waals surface area contributed by atoms with Gasteiger partial charge in [0.25, 0.3) is 5.91 Å². The number of rotatable bonds is 2. The summed E-state index contributed by atoms with van der Waals surface area (Å²) in [5, 5.41) is 3.44. The van der Waals surface area contributed by atoms with Crippen molar-refractivity contribution >= 4 is 21.8 Å². The normalized spacial score (nSPS) is 37.3. The molecule has 21 heavy (non-hydrogen) atoms. The van der Waals surface area contributed by atoms with Gasteiger partial charge in [-0.1, -0.05) is 15.9 Å². The molecule has 1 aromatic rings. The molecule has 4 aliphatic carbocycles. The molecule has 0 aliphatic heterocycles. The Labute approximate surface area is 134 Å². The Bertz CT molecular complexity index is 539. The molecule has 4 bridgehead atoms. The van der Waals surface area contributed by atoms with E-state index < -0.39 is 0 Å². The predicted molar refractivity (Wildman–Crippen MR) is 87.1 cm³/mol. The first-order chi connectivity index (χ1) is 10.1. The maximum Gasteiger partial charge on any atom is 0.251 e. The van der Waals surface area contributed by atoms with Crippen LogP contribution in [0.5, 0.6) is 0 Å². The molecular formula is C18H22BrNO. The summed E-state index contributed by atoms with van der Waals surface area (Å²) in [5.41, 5.74) is 0.870. The fraction of sp³-hybridized carbons (Fsp3) is 0.611. The van der Waals surface area contributed by atoms with Crippen LogP contribution in [0, 0.1) is 17.8 Å². The van der Waals surface area contributed by atoms with Crippen molar-refractivity contribution in [1.29, 1.82) is 0 Å². The second-order valence-electron chi connectivity index (χ2n) is 7.49. The Morgan fingerprint density at radius 1 is 1.05 bits per heavy atom. The lowest BCUT2D eigenvalue weighted by Crippen LogP contribution is -2.52. The van der Waals surface area contributed by atoms with Gasteiger partial charge in [0.15, 0.2) is 0 Å². The zero-order valence-electron chi connectivity index (χ0n) is 12.3. The van der Waals surface area contributed by atoms with Crippen LogP contribution in [0.1, 0.15) is 55.3 Å². The molecule has 112 valence electrons. The minimum absolute atomic E-state index is 0.0863. The van der Waals surface area contributed by atoms with Gasteiger partial charge in [0.1, 0.15) is 0 Å². The van der Waals surface area contributed by atoms with Gasteiger partial charge in [-0.25, -0.2) is 0 Å².